The first kappa shape index (κ1) is 16.1. The second kappa shape index (κ2) is 7.15. The molecule has 0 heterocycles. The predicted octanol–water partition coefficient (Wildman–Crippen LogP) is 3.41. The van der Waals surface area contributed by atoms with Crippen LogP contribution >= 0.6 is 15.9 Å². The summed E-state index contributed by atoms with van der Waals surface area (Å²) in [7, 11) is -3.64. The Hall–Kier alpha value is -1.24. The summed E-state index contributed by atoms with van der Waals surface area (Å²) in [6.07, 6.45) is 0. The molecule has 3 nitrogen and oxygen atoms in total. The third-order valence-corrected chi connectivity index (χ3v) is 5.20. The third-order valence-electron chi connectivity index (χ3n) is 2.99. The molecule has 2 aromatic carbocycles. The fourth-order valence-corrected chi connectivity index (χ4v) is 4.01. The van der Waals surface area contributed by atoms with Crippen molar-refractivity contribution in [2.45, 2.75) is 11.4 Å². The fourth-order valence-electron chi connectivity index (χ4n) is 1.92. The number of rotatable bonds is 6. The van der Waals surface area contributed by atoms with Crippen LogP contribution in [-0.4, -0.2) is 24.6 Å². The maximum Gasteiger partial charge on any atom is 0.243 e. The molecule has 0 amide bonds. The van der Waals surface area contributed by atoms with E-state index in [2.05, 4.69) is 15.9 Å². The maximum atomic E-state index is 13.0. The van der Waals surface area contributed by atoms with Crippen molar-refractivity contribution in [1.82, 2.24) is 4.31 Å². The van der Waals surface area contributed by atoms with Crippen LogP contribution in [0.5, 0.6) is 0 Å². The minimum atomic E-state index is -3.64. The van der Waals surface area contributed by atoms with E-state index < -0.39 is 15.8 Å². The molecule has 2 aromatic rings. The maximum absolute atomic E-state index is 13.0. The van der Waals surface area contributed by atoms with Gasteiger partial charge in [0.1, 0.15) is 5.82 Å². The standard InChI is InChI=1S/C15H15BrFNO2S/c16-10-11-18(12-13-4-2-1-3-5-13)21(19,20)15-8-6-14(17)7-9-15/h1-9H,10-12H2. The lowest BCUT2D eigenvalue weighted by Gasteiger charge is -2.21. The first-order valence-electron chi connectivity index (χ1n) is 6.39. The van der Waals surface area contributed by atoms with Crippen LogP contribution < -0.4 is 0 Å². The number of nitrogens with zero attached hydrogens (tertiary/aromatic N) is 1. The number of halogens is 2. The summed E-state index contributed by atoms with van der Waals surface area (Å²) >= 11 is 3.27. The van der Waals surface area contributed by atoms with E-state index in [1.807, 2.05) is 30.3 Å². The molecule has 0 saturated carbocycles. The van der Waals surface area contributed by atoms with E-state index in [0.717, 1.165) is 17.7 Å². The molecule has 6 heteroatoms. The van der Waals surface area contributed by atoms with Gasteiger partial charge in [0.05, 0.1) is 4.90 Å². The van der Waals surface area contributed by atoms with Crippen molar-refractivity contribution >= 4 is 26.0 Å². The molecule has 21 heavy (non-hydrogen) atoms. The lowest BCUT2D eigenvalue weighted by molar-refractivity contribution is 0.426. The minimum Gasteiger partial charge on any atom is -0.207 e. The first-order chi connectivity index (χ1) is 10.0. The second-order valence-corrected chi connectivity index (χ2v) is 7.20. The molecule has 0 unspecified atom stereocenters. The van der Waals surface area contributed by atoms with E-state index in [1.54, 1.807) is 0 Å². The van der Waals surface area contributed by atoms with Gasteiger partial charge in [0.2, 0.25) is 10.0 Å². The molecule has 0 saturated heterocycles. The SMILES string of the molecule is O=S(=O)(c1ccc(F)cc1)N(CCBr)Cc1ccccc1. The van der Waals surface area contributed by atoms with Crippen LogP contribution in [0.25, 0.3) is 0 Å². The van der Waals surface area contributed by atoms with Gasteiger partial charge in [-0.1, -0.05) is 46.3 Å². The smallest absolute Gasteiger partial charge is 0.207 e. The highest BCUT2D eigenvalue weighted by atomic mass is 79.9. The van der Waals surface area contributed by atoms with Crippen LogP contribution in [0.3, 0.4) is 0 Å². The molecule has 112 valence electrons. The van der Waals surface area contributed by atoms with Crippen molar-refractivity contribution in [3.63, 3.8) is 0 Å². The predicted molar refractivity (Wildman–Crippen MR) is 84.2 cm³/mol. The van der Waals surface area contributed by atoms with Crippen molar-refractivity contribution in [1.29, 1.82) is 0 Å². The zero-order chi connectivity index (χ0) is 15.3. The number of hydrogen-bond acceptors (Lipinski definition) is 2. The topological polar surface area (TPSA) is 37.4 Å². The van der Waals surface area contributed by atoms with Crippen molar-refractivity contribution in [3.05, 3.63) is 66.0 Å². The molecule has 0 aliphatic heterocycles. The van der Waals surface area contributed by atoms with Crippen LogP contribution in [0.15, 0.2) is 59.5 Å². The summed E-state index contributed by atoms with van der Waals surface area (Å²) in [6, 6.07) is 14.3. The average molecular weight is 372 g/mol. The Morgan fingerprint density at radius 2 is 1.62 bits per heavy atom. The Bertz CT molecular complexity index is 675. The van der Waals surface area contributed by atoms with Gasteiger partial charge in [-0.25, -0.2) is 12.8 Å². The monoisotopic (exact) mass is 371 g/mol. The van der Waals surface area contributed by atoms with Crippen molar-refractivity contribution in [2.75, 3.05) is 11.9 Å². The Morgan fingerprint density at radius 1 is 1.00 bits per heavy atom. The molecule has 0 atom stereocenters. The number of benzene rings is 2. The van der Waals surface area contributed by atoms with Crippen molar-refractivity contribution in [3.8, 4) is 0 Å². The molecule has 0 aliphatic rings. The zero-order valence-electron chi connectivity index (χ0n) is 11.2. The number of sulfonamides is 1. The normalized spacial score (nSPS) is 11.8. The highest BCUT2D eigenvalue weighted by Gasteiger charge is 2.24. The molecule has 0 radical (unpaired) electrons. The average Bonchev–Trinajstić information content (AvgIpc) is 2.48. The quantitative estimate of drug-likeness (QED) is 0.729. The largest absolute Gasteiger partial charge is 0.243 e. The lowest BCUT2D eigenvalue weighted by Crippen LogP contribution is -2.32. The summed E-state index contributed by atoms with van der Waals surface area (Å²) in [5.41, 5.74) is 0.907. The van der Waals surface area contributed by atoms with Crippen molar-refractivity contribution in [2.24, 2.45) is 0 Å². The Kier molecular flexibility index (Phi) is 5.50. The first-order valence-corrected chi connectivity index (χ1v) is 8.96. The summed E-state index contributed by atoms with van der Waals surface area (Å²) in [5, 5.41) is 0.528. The Labute approximate surface area is 132 Å². The van der Waals surface area contributed by atoms with E-state index in [1.165, 1.54) is 16.4 Å². The summed E-state index contributed by atoms with van der Waals surface area (Å²) in [4.78, 5) is 0.0979. The molecular formula is C15H15BrFNO2S. The highest BCUT2D eigenvalue weighted by molar-refractivity contribution is 9.09. The van der Waals surface area contributed by atoms with Crippen LogP contribution in [0.1, 0.15) is 5.56 Å². The van der Waals surface area contributed by atoms with E-state index in [9.17, 15) is 12.8 Å². The Balaban J connectivity index is 2.30. The molecule has 0 fully saturated rings. The minimum absolute atomic E-state index is 0.0979. The van der Waals surface area contributed by atoms with Crippen LogP contribution in [0.2, 0.25) is 0 Å². The van der Waals surface area contributed by atoms with E-state index >= 15 is 0 Å². The zero-order valence-corrected chi connectivity index (χ0v) is 13.6. The van der Waals surface area contributed by atoms with Gasteiger partial charge >= 0.3 is 0 Å². The third kappa shape index (κ3) is 4.12. The molecule has 0 aromatic heterocycles. The van der Waals surface area contributed by atoms with E-state index in [-0.39, 0.29) is 11.4 Å². The van der Waals surface area contributed by atoms with Gasteiger partial charge in [0, 0.05) is 18.4 Å². The number of alkyl halides is 1. The van der Waals surface area contributed by atoms with E-state index in [4.69, 9.17) is 0 Å². The molecule has 0 aliphatic carbocycles. The fraction of sp³-hybridized carbons (Fsp3) is 0.200. The van der Waals surface area contributed by atoms with Gasteiger partial charge in [-0.2, -0.15) is 4.31 Å². The molecular weight excluding hydrogens is 357 g/mol. The highest BCUT2D eigenvalue weighted by Crippen LogP contribution is 2.19. The van der Waals surface area contributed by atoms with Crippen LogP contribution in [0.4, 0.5) is 4.39 Å². The number of hydrogen-bond donors (Lipinski definition) is 0. The van der Waals surface area contributed by atoms with Gasteiger partial charge in [0.25, 0.3) is 0 Å². The van der Waals surface area contributed by atoms with E-state index in [0.29, 0.717) is 11.9 Å². The van der Waals surface area contributed by atoms with Gasteiger partial charge in [-0.15, -0.1) is 0 Å². The van der Waals surface area contributed by atoms with Gasteiger partial charge in [-0.3, -0.25) is 0 Å². The summed E-state index contributed by atoms with van der Waals surface area (Å²) in [6.45, 7) is 0.626. The van der Waals surface area contributed by atoms with Gasteiger partial charge < -0.3 is 0 Å². The summed E-state index contributed by atoms with van der Waals surface area (Å²) in [5.74, 6) is -0.455. The Morgan fingerprint density at radius 3 is 2.19 bits per heavy atom. The summed E-state index contributed by atoms with van der Waals surface area (Å²) < 4.78 is 39.6. The lowest BCUT2D eigenvalue weighted by atomic mass is 10.2. The van der Waals surface area contributed by atoms with Crippen molar-refractivity contribution < 1.29 is 12.8 Å². The molecule has 0 bridgehead atoms. The molecule has 0 spiro atoms. The van der Waals surface area contributed by atoms with Gasteiger partial charge in [-0.05, 0) is 29.8 Å². The molecule has 2 rings (SSSR count). The van der Waals surface area contributed by atoms with Crippen LogP contribution in [-0.2, 0) is 16.6 Å². The molecule has 0 N–H and O–H groups in total. The second-order valence-electron chi connectivity index (χ2n) is 4.47. The van der Waals surface area contributed by atoms with Crippen LogP contribution in [0, 0.1) is 5.82 Å². The van der Waals surface area contributed by atoms with Gasteiger partial charge in [0.15, 0.2) is 0 Å².